The molecule has 0 unspecified atom stereocenters. The van der Waals surface area contributed by atoms with E-state index in [1.54, 1.807) is 33.3 Å². The number of phenolic OH excluding ortho intramolecular Hbond substituents is 1. The van der Waals surface area contributed by atoms with Gasteiger partial charge in [0.05, 0.1) is 14.2 Å². The van der Waals surface area contributed by atoms with Gasteiger partial charge in [-0.1, -0.05) is 6.07 Å². The summed E-state index contributed by atoms with van der Waals surface area (Å²) in [5, 5.41) is 10.7. The number of fused-ring (bicyclic) bond motifs is 1. The normalized spacial score (nSPS) is 11.2. The predicted octanol–water partition coefficient (Wildman–Crippen LogP) is 3.50. The maximum absolute atomic E-state index is 12.0. The number of ether oxygens (including phenoxy) is 2. The number of phenols is 1. The van der Waals surface area contributed by atoms with Crippen LogP contribution in [0.1, 0.15) is 16.7 Å². The molecule has 1 N–H and O–H groups in total. The van der Waals surface area contributed by atoms with Crippen LogP contribution in [-0.2, 0) is 13.0 Å². The summed E-state index contributed by atoms with van der Waals surface area (Å²) in [6, 6.07) is 10.8. The molecule has 3 aromatic rings. The van der Waals surface area contributed by atoms with Crippen molar-refractivity contribution in [2.45, 2.75) is 19.9 Å². The van der Waals surface area contributed by atoms with Crippen LogP contribution in [0.15, 0.2) is 45.6 Å². The highest BCUT2D eigenvalue weighted by Crippen LogP contribution is 2.29. The molecule has 28 heavy (non-hydrogen) atoms. The molecule has 1 heterocycles. The van der Waals surface area contributed by atoms with E-state index in [0.29, 0.717) is 29.2 Å². The van der Waals surface area contributed by atoms with Crippen molar-refractivity contribution < 1.29 is 19.0 Å². The Morgan fingerprint density at radius 3 is 2.54 bits per heavy atom. The Morgan fingerprint density at radius 1 is 1.07 bits per heavy atom. The van der Waals surface area contributed by atoms with Gasteiger partial charge in [0.2, 0.25) is 0 Å². The van der Waals surface area contributed by atoms with Gasteiger partial charge in [0, 0.05) is 30.1 Å². The first-order valence-corrected chi connectivity index (χ1v) is 9.07. The first kappa shape index (κ1) is 19.8. The highest BCUT2D eigenvalue weighted by Gasteiger charge is 2.12. The van der Waals surface area contributed by atoms with Gasteiger partial charge in [-0.3, -0.25) is 0 Å². The second-order valence-electron chi connectivity index (χ2n) is 6.85. The fourth-order valence-corrected chi connectivity index (χ4v) is 3.27. The van der Waals surface area contributed by atoms with Crippen molar-refractivity contribution in [1.82, 2.24) is 4.90 Å². The van der Waals surface area contributed by atoms with Crippen molar-refractivity contribution in [3.63, 3.8) is 0 Å². The van der Waals surface area contributed by atoms with Crippen molar-refractivity contribution in [2.75, 3.05) is 27.8 Å². The summed E-state index contributed by atoms with van der Waals surface area (Å²) in [5.41, 5.74) is 2.62. The first-order valence-electron chi connectivity index (χ1n) is 9.07. The molecule has 0 atom stereocenters. The number of aryl methyl sites for hydroxylation is 1. The molecule has 0 spiro atoms. The first-order chi connectivity index (χ1) is 13.4. The average Bonchev–Trinajstić information content (AvgIpc) is 2.69. The number of nitrogens with zero attached hydrogens (tertiary/aromatic N) is 1. The van der Waals surface area contributed by atoms with Crippen LogP contribution in [0, 0.1) is 6.92 Å². The molecule has 0 bridgehead atoms. The second-order valence-corrected chi connectivity index (χ2v) is 6.85. The van der Waals surface area contributed by atoms with E-state index in [-0.39, 0.29) is 5.75 Å². The third kappa shape index (κ3) is 4.12. The van der Waals surface area contributed by atoms with Crippen molar-refractivity contribution in [1.29, 1.82) is 0 Å². The minimum atomic E-state index is -0.413. The van der Waals surface area contributed by atoms with E-state index in [2.05, 4.69) is 4.90 Å². The molecule has 6 nitrogen and oxygen atoms in total. The standard InChI is InChI=1S/C22H25NO5/c1-14-18(24)7-6-17-16(12-21(25)28-22(14)17)13-23(2)10-9-15-5-8-19(26-3)20(11-15)27-4/h5-8,11-12,24H,9-10,13H2,1-4H3. The van der Waals surface area contributed by atoms with Crippen LogP contribution in [0.4, 0.5) is 0 Å². The molecule has 3 rings (SSSR count). The van der Waals surface area contributed by atoms with Crippen molar-refractivity contribution in [3.8, 4) is 17.2 Å². The lowest BCUT2D eigenvalue weighted by molar-refractivity contribution is 0.330. The zero-order valence-electron chi connectivity index (χ0n) is 16.6. The lowest BCUT2D eigenvalue weighted by Crippen LogP contribution is -2.21. The Balaban J connectivity index is 1.76. The molecule has 0 amide bonds. The number of hydrogen-bond acceptors (Lipinski definition) is 6. The second kappa shape index (κ2) is 8.35. The van der Waals surface area contributed by atoms with Crippen LogP contribution < -0.4 is 15.1 Å². The largest absolute Gasteiger partial charge is 0.508 e. The highest BCUT2D eigenvalue weighted by molar-refractivity contribution is 5.84. The zero-order valence-corrected chi connectivity index (χ0v) is 16.6. The van der Waals surface area contributed by atoms with Crippen molar-refractivity contribution in [2.24, 2.45) is 0 Å². The molecule has 0 aliphatic carbocycles. The summed E-state index contributed by atoms with van der Waals surface area (Å²) in [6.07, 6.45) is 0.829. The van der Waals surface area contributed by atoms with Crippen molar-refractivity contribution in [3.05, 3.63) is 63.5 Å². The monoisotopic (exact) mass is 383 g/mol. The molecule has 148 valence electrons. The number of aromatic hydroxyl groups is 1. The molecule has 0 saturated heterocycles. The Morgan fingerprint density at radius 2 is 1.82 bits per heavy atom. The van der Waals surface area contributed by atoms with E-state index >= 15 is 0 Å². The SMILES string of the molecule is COc1ccc(CCN(C)Cc2cc(=O)oc3c(C)c(O)ccc23)cc1OC. The predicted molar refractivity (Wildman–Crippen MR) is 108 cm³/mol. The maximum Gasteiger partial charge on any atom is 0.336 e. The van der Waals surface area contributed by atoms with Gasteiger partial charge >= 0.3 is 5.63 Å². The summed E-state index contributed by atoms with van der Waals surface area (Å²) in [5.74, 6) is 1.54. The Hall–Kier alpha value is -2.99. The quantitative estimate of drug-likeness (QED) is 0.630. The third-order valence-electron chi connectivity index (χ3n) is 4.89. The van der Waals surface area contributed by atoms with E-state index in [9.17, 15) is 9.90 Å². The number of methoxy groups -OCH3 is 2. The number of rotatable bonds is 7. The van der Waals surface area contributed by atoms with Crippen molar-refractivity contribution >= 4 is 11.0 Å². The summed E-state index contributed by atoms with van der Waals surface area (Å²) in [7, 11) is 5.25. The van der Waals surface area contributed by atoms with Crippen LogP contribution in [0.25, 0.3) is 11.0 Å². The molecule has 0 radical (unpaired) electrons. The van der Waals surface area contributed by atoms with Gasteiger partial charge in [0.15, 0.2) is 11.5 Å². The van der Waals surface area contributed by atoms with E-state index in [1.165, 1.54) is 6.07 Å². The molecule has 0 saturated carbocycles. The molecule has 2 aromatic carbocycles. The number of benzene rings is 2. The van der Waals surface area contributed by atoms with Gasteiger partial charge in [-0.15, -0.1) is 0 Å². The van der Waals surface area contributed by atoms with Gasteiger partial charge < -0.3 is 23.9 Å². The average molecular weight is 383 g/mol. The van der Waals surface area contributed by atoms with E-state index in [1.807, 2.05) is 25.2 Å². The summed E-state index contributed by atoms with van der Waals surface area (Å²) in [6.45, 7) is 3.14. The van der Waals surface area contributed by atoms with E-state index in [4.69, 9.17) is 13.9 Å². The molecular formula is C22H25NO5. The molecule has 1 aromatic heterocycles. The van der Waals surface area contributed by atoms with Gasteiger partial charge in [-0.25, -0.2) is 4.79 Å². The molecule has 6 heteroatoms. The summed E-state index contributed by atoms with van der Waals surface area (Å²) < 4.78 is 15.9. The van der Waals surface area contributed by atoms with Gasteiger partial charge in [0.25, 0.3) is 0 Å². The van der Waals surface area contributed by atoms with Crippen LogP contribution in [0.5, 0.6) is 17.2 Å². The van der Waals surface area contributed by atoms with E-state index < -0.39 is 5.63 Å². The molecule has 0 fully saturated rings. The smallest absolute Gasteiger partial charge is 0.336 e. The minimum Gasteiger partial charge on any atom is -0.508 e. The summed E-state index contributed by atoms with van der Waals surface area (Å²) in [4.78, 5) is 14.1. The highest BCUT2D eigenvalue weighted by atomic mass is 16.5. The van der Waals surface area contributed by atoms with Crippen LogP contribution in [0.2, 0.25) is 0 Å². The number of hydrogen-bond donors (Lipinski definition) is 1. The fourth-order valence-electron chi connectivity index (χ4n) is 3.27. The topological polar surface area (TPSA) is 72.1 Å². The fraction of sp³-hybridized carbons (Fsp3) is 0.318. The lowest BCUT2D eigenvalue weighted by atomic mass is 10.1. The van der Waals surface area contributed by atoms with Crippen LogP contribution in [0.3, 0.4) is 0 Å². The molecular weight excluding hydrogens is 358 g/mol. The van der Waals surface area contributed by atoms with Gasteiger partial charge in [0.1, 0.15) is 11.3 Å². The Bertz CT molecular complexity index is 1040. The van der Waals surface area contributed by atoms with Gasteiger partial charge in [-0.05, 0) is 55.8 Å². The Kier molecular flexibility index (Phi) is 5.90. The third-order valence-corrected chi connectivity index (χ3v) is 4.89. The van der Waals surface area contributed by atoms with Gasteiger partial charge in [-0.2, -0.15) is 0 Å². The Labute approximate surface area is 163 Å². The molecule has 0 aliphatic rings. The minimum absolute atomic E-state index is 0.120. The van der Waals surface area contributed by atoms with Crippen LogP contribution >= 0.6 is 0 Å². The van der Waals surface area contributed by atoms with Crippen LogP contribution in [-0.4, -0.2) is 37.8 Å². The number of likely N-dealkylation sites (N-methyl/N-ethyl adjacent to an activating group) is 1. The zero-order chi connectivity index (χ0) is 20.3. The van der Waals surface area contributed by atoms with E-state index in [0.717, 1.165) is 29.5 Å². The molecule has 0 aliphatic heterocycles. The lowest BCUT2D eigenvalue weighted by Gasteiger charge is -2.18. The summed E-state index contributed by atoms with van der Waals surface area (Å²) >= 11 is 0. The maximum atomic E-state index is 12.0.